The van der Waals surface area contributed by atoms with Gasteiger partial charge >= 0.3 is 5.97 Å². The Morgan fingerprint density at radius 1 is 1.08 bits per heavy atom. The van der Waals surface area contributed by atoms with Gasteiger partial charge in [-0.2, -0.15) is 5.10 Å². The van der Waals surface area contributed by atoms with Crippen molar-refractivity contribution in [3.05, 3.63) is 65.2 Å². The van der Waals surface area contributed by atoms with Crippen LogP contribution in [-0.4, -0.2) is 36.3 Å². The van der Waals surface area contributed by atoms with Crippen molar-refractivity contribution in [2.45, 2.75) is 13.8 Å². The number of hydrazone groups is 1. The lowest BCUT2D eigenvalue weighted by atomic mass is 10.1. The first-order chi connectivity index (χ1) is 12.1. The molecule has 2 aromatic rings. The normalized spacial score (nSPS) is 10.6. The molecule has 0 heterocycles. The number of anilines is 1. The molecule has 0 saturated carbocycles. The van der Waals surface area contributed by atoms with E-state index in [0.717, 1.165) is 18.8 Å². The predicted octanol–water partition coefficient (Wildman–Crippen LogP) is 2.99. The lowest BCUT2D eigenvalue weighted by Gasteiger charge is -2.20. The van der Waals surface area contributed by atoms with Gasteiger partial charge in [-0.05, 0) is 44.2 Å². The van der Waals surface area contributed by atoms with Crippen molar-refractivity contribution in [3.63, 3.8) is 0 Å². The van der Waals surface area contributed by atoms with E-state index in [1.807, 2.05) is 12.1 Å². The van der Waals surface area contributed by atoms with Gasteiger partial charge in [0, 0.05) is 29.9 Å². The van der Waals surface area contributed by atoms with Gasteiger partial charge in [-0.15, -0.1) is 0 Å². The van der Waals surface area contributed by atoms with Crippen LogP contribution in [0, 0.1) is 0 Å². The second kappa shape index (κ2) is 8.63. The first-order valence-corrected chi connectivity index (χ1v) is 8.07. The smallest absolute Gasteiger partial charge is 0.336 e. The summed E-state index contributed by atoms with van der Waals surface area (Å²) in [4.78, 5) is 25.4. The highest BCUT2D eigenvalue weighted by Crippen LogP contribution is 2.14. The highest BCUT2D eigenvalue weighted by atomic mass is 16.4. The van der Waals surface area contributed by atoms with E-state index in [-0.39, 0.29) is 11.5 Å². The number of hydrogen-bond acceptors (Lipinski definition) is 4. The molecule has 6 nitrogen and oxygen atoms in total. The first-order valence-electron chi connectivity index (χ1n) is 8.07. The minimum Gasteiger partial charge on any atom is -0.478 e. The minimum atomic E-state index is -1.04. The third kappa shape index (κ3) is 4.67. The zero-order valence-corrected chi connectivity index (χ0v) is 14.3. The van der Waals surface area contributed by atoms with E-state index in [9.17, 15) is 9.59 Å². The van der Waals surface area contributed by atoms with Gasteiger partial charge in [0.05, 0.1) is 11.8 Å². The average molecular weight is 339 g/mol. The van der Waals surface area contributed by atoms with E-state index >= 15 is 0 Å². The second-order valence-electron chi connectivity index (χ2n) is 5.31. The Kier molecular flexibility index (Phi) is 6.28. The van der Waals surface area contributed by atoms with E-state index in [2.05, 4.69) is 29.3 Å². The lowest BCUT2D eigenvalue weighted by Crippen LogP contribution is -2.22. The number of nitrogens with one attached hydrogen (secondary N) is 1. The predicted molar refractivity (Wildman–Crippen MR) is 98.5 cm³/mol. The Labute approximate surface area is 146 Å². The fourth-order valence-electron chi connectivity index (χ4n) is 2.44. The molecule has 0 aliphatic heterocycles. The molecule has 0 saturated heterocycles. The number of carboxylic acids is 1. The lowest BCUT2D eigenvalue weighted by molar-refractivity contribution is 0.0696. The first kappa shape index (κ1) is 18.2. The van der Waals surface area contributed by atoms with E-state index in [4.69, 9.17) is 5.11 Å². The fourth-order valence-corrected chi connectivity index (χ4v) is 2.44. The number of aromatic carboxylic acids is 1. The molecule has 6 heteroatoms. The topological polar surface area (TPSA) is 82.0 Å². The summed E-state index contributed by atoms with van der Waals surface area (Å²) in [5.41, 5.74) is 4.51. The second-order valence-corrected chi connectivity index (χ2v) is 5.31. The molecule has 130 valence electrons. The molecule has 0 fully saturated rings. The number of carbonyl (C=O) groups excluding carboxylic acids is 1. The minimum absolute atomic E-state index is 0.129. The third-order valence-corrected chi connectivity index (χ3v) is 3.82. The molecule has 25 heavy (non-hydrogen) atoms. The van der Waals surface area contributed by atoms with Crippen LogP contribution in [0.3, 0.4) is 0 Å². The number of hydrogen-bond donors (Lipinski definition) is 2. The van der Waals surface area contributed by atoms with Gasteiger partial charge in [0.15, 0.2) is 0 Å². The maximum atomic E-state index is 12.1. The van der Waals surface area contributed by atoms with Gasteiger partial charge in [0.1, 0.15) is 0 Å². The summed E-state index contributed by atoms with van der Waals surface area (Å²) in [5.74, 6) is -1.39. The highest BCUT2D eigenvalue weighted by molar-refractivity contribution is 5.99. The zero-order chi connectivity index (χ0) is 18.2. The van der Waals surface area contributed by atoms with Gasteiger partial charge in [-0.3, -0.25) is 4.79 Å². The molecule has 0 aliphatic rings. The molecule has 2 N–H and O–H groups in total. The number of benzene rings is 2. The maximum absolute atomic E-state index is 12.1. The Morgan fingerprint density at radius 2 is 1.72 bits per heavy atom. The largest absolute Gasteiger partial charge is 0.478 e. The summed E-state index contributed by atoms with van der Waals surface area (Å²) >= 11 is 0. The van der Waals surface area contributed by atoms with E-state index in [0.29, 0.717) is 11.1 Å². The van der Waals surface area contributed by atoms with Crippen LogP contribution in [-0.2, 0) is 0 Å². The van der Waals surface area contributed by atoms with Crippen LogP contribution >= 0.6 is 0 Å². The zero-order valence-electron chi connectivity index (χ0n) is 14.3. The van der Waals surface area contributed by atoms with Crippen molar-refractivity contribution in [2.24, 2.45) is 5.10 Å². The molecular weight excluding hydrogens is 318 g/mol. The van der Waals surface area contributed by atoms with E-state index in [1.54, 1.807) is 30.3 Å². The maximum Gasteiger partial charge on any atom is 0.336 e. The summed E-state index contributed by atoms with van der Waals surface area (Å²) in [6.45, 7) is 5.95. The van der Waals surface area contributed by atoms with Crippen LogP contribution < -0.4 is 10.3 Å². The Balaban J connectivity index is 2.04. The molecule has 0 atom stereocenters. The highest BCUT2D eigenvalue weighted by Gasteiger charge is 2.08. The molecule has 0 aromatic heterocycles. The van der Waals surface area contributed by atoms with Crippen LogP contribution in [0.15, 0.2) is 53.6 Å². The molecule has 2 aromatic carbocycles. The SMILES string of the molecule is CCN(CC)c1ccc(C(=O)NN=Cc2ccccc2C(=O)O)cc1. The van der Waals surface area contributed by atoms with Crippen LogP contribution in [0.2, 0.25) is 0 Å². The van der Waals surface area contributed by atoms with Crippen molar-refractivity contribution in [2.75, 3.05) is 18.0 Å². The monoisotopic (exact) mass is 339 g/mol. The van der Waals surface area contributed by atoms with E-state index in [1.165, 1.54) is 12.3 Å². The molecule has 2 rings (SSSR count). The van der Waals surface area contributed by atoms with Crippen LogP contribution in [0.1, 0.15) is 40.1 Å². The van der Waals surface area contributed by atoms with Gasteiger partial charge in [-0.25, -0.2) is 10.2 Å². The van der Waals surface area contributed by atoms with Gasteiger partial charge < -0.3 is 10.0 Å². The van der Waals surface area contributed by atoms with Crippen LogP contribution in [0.4, 0.5) is 5.69 Å². The summed E-state index contributed by atoms with van der Waals surface area (Å²) in [6, 6.07) is 13.7. The number of amides is 1. The molecule has 0 aliphatic carbocycles. The molecular formula is C19H21N3O3. The summed E-state index contributed by atoms with van der Waals surface area (Å²) in [7, 11) is 0. The van der Waals surface area contributed by atoms with Crippen molar-refractivity contribution >= 4 is 23.8 Å². The Hall–Kier alpha value is -3.15. The van der Waals surface area contributed by atoms with Gasteiger partial charge in [-0.1, -0.05) is 18.2 Å². The average Bonchev–Trinajstić information content (AvgIpc) is 2.63. The molecule has 0 bridgehead atoms. The molecule has 0 radical (unpaired) electrons. The van der Waals surface area contributed by atoms with Gasteiger partial charge in [0.2, 0.25) is 0 Å². The quantitative estimate of drug-likeness (QED) is 0.600. The van der Waals surface area contributed by atoms with Crippen molar-refractivity contribution in [3.8, 4) is 0 Å². The summed E-state index contributed by atoms with van der Waals surface area (Å²) in [5, 5.41) is 13.0. The molecule has 0 spiro atoms. The van der Waals surface area contributed by atoms with E-state index < -0.39 is 5.97 Å². The Morgan fingerprint density at radius 3 is 2.32 bits per heavy atom. The fraction of sp³-hybridized carbons (Fsp3) is 0.211. The molecule has 0 unspecified atom stereocenters. The number of carboxylic acid groups (broad SMARTS) is 1. The molecule has 1 amide bonds. The van der Waals surface area contributed by atoms with Crippen LogP contribution in [0.5, 0.6) is 0 Å². The summed E-state index contributed by atoms with van der Waals surface area (Å²) < 4.78 is 0. The number of carbonyl (C=O) groups is 2. The summed E-state index contributed by atoms with van der Waals surface area (Å²) in [6.07, 6.45) is 1.33. The van der Waals surface area contributed by atoms with Crippen molar-refractivity contribution < 1.29 is 14.7 Å². The van der Waals surface area contributed by atoms with Crippen molar-refractivity contribution in [1.82, 2.24) is 5.43 Å². The number of nitrogens with zero attached hydrogens (tertiary/aromatic N) is 2. The number of rotatable bonds is 7. The standard InChI is InChI=1S/C19H21N3O3/c1-3-22(4-2)16-11-9-14(10-12-16)18(23)21-20-13-15-7-5-6-8-17(15)19(24)25/h5-13H,3-4H2,1-2H3,(H,21,23)(H,24,25). The third-order valence-electron chi connectivity index (χ3n) is 3.82. The van der Waals surface area contributed by atoms with Crippen molar-refractivity contribution in [1.29, 1.82) is 0 Å². The van der Waals surface area contributed by atoms with Crippen LogP contribution in [0.25, 0.3) is 0 Å². The Bertz CT molecular complexity index is 766. The van der Waals surface area contributed by atoms with Gasteiger partial charge in [0.25, 0.3) is 5.91 Å².